The summed E-state index contributed by atoms with van der Waals surface area (Å²) in [6.45, 7) is 3.28. The summed E-state index contributed by atoms with van der Waals surface area (Å²) in [4.78, 5) is 13.8. The van der Waals surface area contributed by atoms with Crippen LogP contribution in [0.1, 0.15) is 16.1 Å². The summed E-state index contributed by atoms with van der Waals surface area (Å²) < 4.78 is 9.38. The standard InChI is InChI=1S/C10H14N2O3S/c1-7-9(6-16-11-7)10(14)12-2-3-15-8(4-12)5-13/h6,8,13H,2-5H2,1H3. The van der Waals surface area contributed by atoms with Gasteiger partial charge in [-0.25, -0.2) is 0 Å². The maximum atomic E-state index is 12.1. The molecule has 0 aliphatic carbocycles. The smallest absolute Gasteiger partial charge is 0.256 e. The molecular formula is C10H14N2O3S. The van der Waals surface area contributed by atoms with Crippen LogP contribution in [0.2, 0.25) is 0 Å². The van der Waals surface area contributed by atoms with E-state index in [-0.39, 0.29) is 18.6 Å². The first-order valence-corrected chi connectivity index (χ1v) is 5.98. The lowest BCUT2D eigenvalue weighted by molar-refractivity contribution is -0.0447. The van der Waals surface area contributed by atoms with Crippen molar-refractivity contribution < 1.29 is 14.6 Å². The fourth-order valence-corrected chi connectivity index (χ4v) is 2.37. The van der Waals surface area contributed by atoms with Crippen molar-refractivity contribution in [3.63, 3.8) is 0 Å². The predicted octanol–water partition coefficient (Wildman–Crippen LogP) is 0.285. The van der Waals surface area contributed by atoms with Crippen LogP contribution in [0.5, 0.6) is 0 Å². The second-order valence-corrected chi connectivity index (χ2v) is 4.37. The number of carbonyl (C=O) groups is 1. The van der Waals surface area contributed by atoms with Crippen LogP contribution in [0.25, 0.3) is 0 Å². The van der Waals surface area contributed by atoms with Crippen LogP contribution in [0.3, 0.4) is 0 Å². The van der Waals surface area contributed by atoms with E-state index in [2.05, 4.69) is 4.37 Å². The second kappa shape index (κ2) is 4.90. The quantitative estimate of drug-likeness (QED) is 0.809. The average Bonchev–Trinajstić information content (AvgIpc) is 2.74. The molecule has 0 radical (unpaired) electrons. The Kier molecular flexibility index (Phi) is 3.52. The zero-order valence-electron chi connectivity index (χ0n) is 9.05. The van der Waals surface area contributed by atoms with E-state index in [1.165, 1.54) is 11.5 Å². The molecular weight excluding hydrogens is 228 g/mol. The van der Waals surface area contributed by atoms with Crippen molar-refractivity contribution in [2.45, 2.75) is 13.0 Å². The third kappa shape index (κ3) is 2.23. The van der Waals surface area contributed by atoms with Gasteiger partial charge in [-0.15, -0.1) is 0 Å². The molecule has 1 unspecified atom stereocenters. The molecule has 1 aliphatic rings. The van der Waals surface area contributed by atoms with Gasteiger partial charge >= 0.3 is 0 Å². The summed E-state index contributed by atoms with van der Waals surface area (Å²) in [5.74, 6) is -0.0204. The van der Waals surface area contributed by atoms with Crippen molar-refractivity contribution in [2.24, 2.45) is 0 Å². The lowest BCUT2D eigenvalue weighted by Gasteiger charge is -2.31. The van der Waals surface area contributed by atoms with Gasteiger partial charge in [0.1, 0.15) is 0 Å². The zero-order chi connectivity index (χ0) is 11.5. The first kappa shape index (κ1) is 11.5. The van der Waals surface area contributed by atoms with Crippen molar-refractivity contribution in [1.29, 1.82) is 0 Å². The Hall–Kier alpha value is -0.980. The zero-order valence-corrected chi connectivity index (χ0v) is 9.87. The molecule has 1 aliphatic heterocycles. The summed E-state index contributed by atoms with van der Waals surface area (Å²) in [7, 11) is 0. The number of aryl methyl sites for hydroxylation is 1. The van der Waals surface area contributed by atoms with Gasteiger partial charge in [0.25, 0.3) is 5.91 Å². The van der Waals surface area contributed by atoms with E-state index >= 15 is 0 Å². The molecule has 0 spiro atoms. The highest BCUT2D eigenvalue weighted by molar-refractivity contribution is 7.03. The van der Waals surface area contributed by atoms with Crippen LogP contribution in [0.15, 0.2) is 5.38 Å². The number of ether oxygens (including phenoxy) is 1. The Morgan fingerprint density at radius 3 is 3.25 bits per heavy atom. The van der Waals surface area contributed by atoms with Gasteiger partial charge in [-0.2, -0.15) is 4.37 Å². The van der Waals surface area contributed by atoms with E-state index in [0.29, 0.717) is 25.3 Å². The first-order valence-electron chi connectivity index (χ1n) is 5.15. The van der Waals surface area contributed by atoms with E-state index < -0.39 is 0 Å². The highest BCUT2D eigenvalue weighted by Gasteiger charge is 2.25. The predicted molar refractivity (Wildman–Crippen MR) is 59.6 cm³/mol. The molecule has 88 valence electrons. The second-order valence-electron chi connectivity index (χ2n) is 3.74. The van der Waals surface area contributed by atoms with Gasteiger partial charge in [-0.1, -0.05) is 0 Å². The van der Waals surface area contributed by atoms with Gasteiger partial charge in [-0.3, -0.25) is 4.79 Å². The number of hydrogen-bond acceptors (Lipinski definition) is 5. The van der Waals surface area contributed by atoms with Crippen LogP contribution in [0.4, 0.5) is 0 Å². The van der Waals surface area contributed by atoms with Crippen LogP contribution in [-0.4, -0.2) is 52.7 Å². The number of morpholine rings is 1. The molecule has 1 saturated heterocycles. The third-order valence-corrected chi connectivity index (χ3v) is 3.33. The molecule has 1 amide bonds. The van der Waals surface area contributed by atoms with Gasteiger partial charge < -0.3 is 14.7 Å². The Morgan fingerprint density at radius 1 is 1.81 bits per heavy atom. The number of amides is 1. The van der Waals surface area contributed by atoms with Gasteiger partial charge in [0.05, 0.1) is 30.6 Å². The van der Waals surface area contributed by atoms with Gasteiger partial charge in [-0.05, 0) is 18.5 Å². The third-order valence-electron chi connectivity index (χ3n) is 2.61. The molecule has 1 aromatic heterocycles. The molecule has 0 aromatic carbocycles. The summed E-state index contributed by atoms with van der Waals surface area (Å²) >= 11 is 1.29. The number of nitrogens with zero attached hydrogens (tertiary/aromatic N) is 2. The molecule has 2 rings (SSSR count). The fraction of sp³-hybridized carbons (Fsp3) is 0.600. The van der Waals surface area contributed by atoms with Crippen molar-refractivity contribution in [3.05, 3.63) is 16.6 Å². The van der Waals surface area contributed by atoms with Crippen molar-refractivity contribution in [2.75, 3.05) is 26.3 Å². The number of rotatable bonds is 2. The molecule has 2 heterocycles. The van der Waals surface area contributed by atoms with Gasteiger partial charge in [0, 0.05) is 18.5 Å². The Balaban J connectivity index is 2.07. The maximum absolute atomic E-state index is 12.1. The van der Waals surface area contributed by atoms with Crippen LogP contribution in [-0.2, 0) is 4.74 Å². The lowest BCUT2D eigenvalue weighted by Crippen LogP contribution is -2.46. The van der Waals surface area contributed by atoms with E-state index in [0.717, 1.165) is 5.69 Å². The molecule has 1 atom stereocenters. The maximum Gasteiger partial charge on any atom is 0.256 e. The van der Waals surface area contributed by atoms with Crippen molar-refractivity contribution in [3.8, 4) is 0 Å². The minimum absolute atomic E-state index is 0.0204. The monoisotopic (exact) mass is 242 g/mol. The summed E-state index contributed by atoms with van der Waals surface area (Å²) in [6.07, 6.45) is -0.260. The Labute approximate surface area is 97.8 Å². The molecule has 16 heavy (non-hydrogen) atoms. The number of aromatic nitrogens is 1. The molecule has 1 aromatic rings. The van der Waals surface area contributed by atoms with Crippen LogP contribution in [0, 0.1) is 6.92 Å². The van der Waals surface area contributed by atoms with Gasteiger partial charge in [0.2, 0.25) is 0 Å². The number of carbonyl (C=O) groups excluding carboxylic acids is 1. The molecule has 0 saturated carbocycles. The number of aliphatic hydroxyl groups excluding tert-OH is 1. The Bertz CT molecular complexity index is 380. The number of aliphatic hydroxyl groups is 1. The minimum atomic E-state index is -0.260. The van der Waals surface area contributed by atoms with Crippen molar-refractivity contribution in [1.82, 2.24) is 9.27 Å². The van der Waals surface area contributed by atoms with Crippen LogP contribution >= 0.6 is 11.5 Å². The topological polar surface area (TPSA) is 62.7 Å². The van der Waals surface area contributed by atoms with E-state index in [1.54, 1.807) is 10.3 Å². The summed E-state index contributed by atoms with van der Waals surface area (Å²) in [5.41, 5.74) is 1.42. The molecule has 5 nitrogen and oxygen atoms in total. The SMILES string of the molecule is Cc1nscc1C(=O)N1CCOC(CO)C1. The van der Waals surface area contributed by atoms with Gasteiger partial charge in [0.15, 0.2) is 0 Å². The molecule has 0 bridgehead atoms. The largest absolute Gasteiger partial charge is 0.394 e. The summed E-state index contributed by atoms with van der Waals surface area (Å²) in [6, 6.07) is 0. The molecule has 1 fully saturated rings. The van der Waals surface area contributed by atoms with E-state index in [4.69, 9.17) is 9.84 Å². The van der Waals surface area contributed by atoms with Crippen molar-refractivity contribution >= 4 is 17.4 Å². The summed E-state index contributed by atoms with van der Waals surface area (Å²) in [5, 5.41) is 10.8. The van der Waals surface area contributed by atoms with E-state index in [9.17, 15) is 4.79 Å². The van der Waals surface area contributed by atoms with Crippen LogP contribution < -0.4 is 0 Å². The molecule has 6 heteroatoms. The molecule has 1 N–H and O–H groups in total. The van der Waals surface area contributed by atoms with E-state index in [1.807, 2.05) is 6.92 Å². The number of hydrogen-bond donors (Lipinski definition) is 1. The highest BCUT2D eigenvalue weighted by Crippen LogP contribution is 2.14. The highest BCUT2D eigenvalue weighted by atomic mass is 32.1. The minimum Gasteiger partial charge on any atom is -0.394 e. The average molecular weight is 242 g/mol. The first-order chi connectivity index (χ1) is 7.72. The normalized spacial score (nSPS) is 21.1. The lowest BCUT2D eigenvalue weighted by atomic mass is 10.2. The Morgan fingerprint density at radius 2 is 2.62 bits per heavy atom. The fourth-order valence-electron chi connectivity index (χ4n) is 1.68.